The lowest BCUT2D eigenvalue weighted by Gasteiger charge is -1.96. The molecule has 0 aliphatic carbocycles. The summed E-state index contributed by atoms with van der Waals surface area (Å²) >= 11 is 4.89. The van der Waals surface area contributed by atoms with Gasteiger partial charge in [-0.2, -0.15) is 0 Å². The Morgan fingerprint density at radius 3 is 3.00 bits per heavy atom. The molecule has 78 valence electrons. The van der Waals surface area contributed by atoms with Crippen LogP contribution in [0.4, 0.5) is 0 Å². The number of H-pyrrole nitrogens is 1. The van der Waals surface area contributed by atoms with Crippen molar-refractivity contribution in [3.8, 4) is 10.6 Å². The van der Waals surface area contributed by atoms with E-state index in [1.165, 1.54) is 17.7 Å². The number of thiophene rings is 1. The zero-order chi connectivity index (χ0) is 10.8. The molecular weight excluding hydrogens is 280 g/mol. The number of hydrogen-bond donors (Lipinski definition) is 2. The minimum absolute atomic E-state index is 0.0369. The summed E-state index contributed by atoms with van der Waals surface area (Å²) in [7, 11) is 0. The quantitative estimate of drug-likeness (QED) is 0.911. The summed E-state index contributed by atoms with van der Waals surface area (Å²) in [5, 5.41) is 8.71. The Labute approximate surface area is 98.1 Å². The van der Waals surface area contributed by atoms with Crippen LogP contribution >= 0.6 is 27.3 Å². The molecule has 0 fully saturated rings. The number of imidazole rings is 1. The normalized spacial score (nSPS) is 10.5. The van der Waals surface area contributed by atoms with E-state index in [1.54, 1.807) is 0 Å². The van der Waals surface area contributed by atoms with E-state index < -0.39 is 5.97 Å². The molecule has 2 heterocycles. The highest BCUT2D eigenvalue weighted by molar-refractivity contribution is 9.11. The Hall–Kier alpha value is -1.14. The van der Waals surface area contributed by atoms with Gasteiger partial charge in [0.15, 0.2) is 0 Å². The number of carbonyl (C=O) groups is 1. The fraction of sp³-hybridized carbons (Fsp3) is 0.111. The smallest absolute Gasteiger partial charge is 0.309 e. The van der Waals surface area contributed by atoms with Gasteiger partial charge in [0, 0.05) is 0 Å². The molecule has 0 bridgehead atoms. The van der Waals surface area contributed by atoms with Crippen molar-refractivity contribution in [2.75, 3.05) is 0 Å². The van der Waals surface area contributed by atoms with E-state index >= 15 is 0 Å². The van der Waals surface area contributed by atoms with E-state index in [1.807, 2.05) is 12.1 Å². The molecule has 2 aromatic rings. The van der Waals surface area contributed by atoms with Gasteiger partial charge in [-0.05, 0) is 28.1 Å². The van der Waals surface area contributed by atoms with Crippen LogP contribution < -0.4 is 0 Å². The summed E-state index contributed by atoms with van der Waals surface area (Å²) in [6.45, 7) is 0. The Morgan fingerprint density at radius 1 is 1.60 bits per heavy atom. The monoisotopic (exact) mass is 286 g/mol. The number of nitrogens with one attached hydrogen (secondary N) is 1. The van der Waals surface area contributed by atoms with Crippen molar-refractivity contribution in [3.63, 3.8) is 0 Å². The van der Waals surface area contributed by atoms with Crippen LogP contribution in [0, 0.1) is 0 Å². The molecule has 2 aromatic heterocycles. The number of aromatic nitrogens is 2. The summed E-state index contributed by atoms with van der Waals surface area (Å²) in [4.78, 5) is 18.5. The first-order valence-corrected chi connectivity index (χ1v) is 5.77. The van der Waals surface area contributed by atoms with Crippen molar-refractivity contribution < 1.29 is 9.90 Å². The fourth-order valence-electron chi connectivity index (χ4n) is 1.26. The highest BCUT2D eigenvalue weighted by Gasteiger charge is 2.12. The number of nitrogens with zero attached hydrogens (tertiary/aromatic N) is 1. The predicted molar refractivity (Wildman–Crippen MR) is 60.9 cm³/mol. The van der Waals surface area contributed by atoms with Crippen LogP contribution in [0.2, 0.25) is 0 Å². The van der Waals surface area contributed by atoms with Gasteiger partial charge in [0.2, 0.25) is 0 Å². The minimum Gasteiger partial charge on any atom is -0.481 e. The first kappa shape index (κ1) is 10.4. The number of carboxylic acid groups (broad SMARTS) is 1. The Kier molecular flexibility index (Phi) is 2.88. The van der Waals surface area contributed by atoms with Crippen LogP contribution in [-0.4, -0.2) is 21.0 Å². The van der Waals surface area contributed by atoms with Crippen LogP contribution in [-0.2, 0) is 11.2 Å². The van der Waals surface area contributed by atoms with Gasteiger partial charge in [-0.3, -0.25) is 4.79 Å². The molecule has 0 radical (unpaired) electrons. The second-order valence-corrected chi connectivity index (χ2v) is 5.37. The molecule has 2 rings (SSSR count). The third-order valence-electron chi connectivity index (χ3n) is 1.85. The van der Waals surface area contributed by atoms with Crippen molar-refractivity contribution in [1.29, 1.82) is 0 Å². The number of aliphatic carboxylic acids is 1. The molecule has 0 aliphatic heterocycles. The fourth-order valence-corrected chi connectivity index (χ4v) is 2.67. The molecule has 0 saturated carbocycles. The van der Waals surface area contributed by atoms with Crippen LogP contribution in [0.25, 0.3) is 10.6 Å². The number of hydrogen-bond acceptors (Lipinski definition) is 3. The van der Waals surface area contributed by atoms with E-state index in [4.69, 9.17) is 5.11 Å². The Bertz CT molecular complexity index is 492. The van der Waals surface area contributed by atoms with Crippen LogP contribution in [0.15, 0.2) is 22.2 Å². The third-order valence-corrected chi connectivity index (χ3v) is 3.48. The first-order valence-electron chi connectivity index (χ1n) is 4.16. The summed E-state index contributed by atoms with van der Waals surface area (Å²) in [6.07, 6.45) is 1.48. The molecule has 0 amide bonds. The van der Waals surface area contributed by atoms with Gasteiger partial charge >= 0.3 is 5.97 Å². The lowest BCUT2D eigenvalue weighted by molar-refractivity contribution is -0.136. The molecule has 0 unspecified atom stereocenters. The molecular formula is C9H7BrN2O2S. The zero-order valence-corrected chi connectivity index (χ0v) is 9.93. The molecule has 15 heavy (non-hydrogen) atoms. The largest absolute Gasteiger partial charge is 0.481 e. The van der Waals surface area contributed by atoms with E-state index in [-0.39, 0.29) is 6.42 Å². The predicted octanol–water partition coefficient (Wildman–Crippen LogP) is 2.53. The van der Waals surface area contributed by atoms with E-state index in [2.05, 4.69) is 25.9 Å². The van der Waals surface area contributed by atoms with Crippen molar-refractivity contribution in [3.05, 3.63) is 27.9 Å². The zero-order valence-electron chi connectivity index (χ0n) is 7.53. The van der Waals surface area contributed by atoms with Crippen molar-refractivity contribution in [2.24, 2.45) is 0 Å². The lowest BCUT2D eigenvalue weighted by atomic mass is 10.2. The maximum absolute atomic E-state index is 10.6. The highest BCUT2D eigenvalue weighted by atomic mass is 79.9. The average Bonchev–Trinajstić information content (AvgIpc) is 2.72. The molecule has 4 nitrogen and oxygen atoms in total. The minimum atomic E-state index is -0.865. The van der Waals surface area contributed by atoms with Crippen molar-refractivity contribution in [1.82, 2.24) is 9.97 Å². The maximum atomic E-state index is 10.6. The van der Waals surface area contributed by atoms with E-state index in [0.717, 1.165) is 8.66 Å². The van der Waals surface area contributed by atoms with Crippen LogP contribution in [0.3, 0.4) is 0 Å². The maximum Gasteiger partial charge on any atom is 0.309 e. The van der Waals surface area contributed by atoms with Gasteiger partial charge in [-0.25, -0.2) is 4.98 Å². The molecule has 0 saturated heterocycles. The Balaban J connectivity index is 2.36. The number of halogens is 1. The number of rotatable bonds is 3. The van der Waals surface area contributed by atoms with Crippen LogP contribution in [0.5, 0.6) is 0 Å². The summed E-state index contributed by atoms with van der Waals surface area (Å²) in [6, 6.07) is 3.83. The van der Waals surface area contributed by atoms with Crippen molar-refractivity contribution >= 4 is 33.2 Å². The number of carboxylic acids is 1. The van der Waals surface area contributed by atoms with Gasteiger partial charge in [-0.1, -0.05) is 0 Å². The second kappa shape index (κ2) is 4.16. The highest BCUT2D eigenvalue weighted by Crippen LogP contribution is 2.31. The van der Waals surface area contributed by atoms with Gasteiger partial charge in [0.05, 0.1) is 27.1 Å². The summed E-state index contributed by atoms with van der Waals surface area (Å²) in [5.41, 5.74) is 1.35. The first-order chi connectivity index (χ1) is 7.16. The molecule has 0 aromatic carbocycles. The van der Waals surface area contributed by atoms with Gasteiger partial charge in [0.25, 0.3) is 0 Å². The number of aromatic amines is 1. The van der Waals surface area contributed by atoms with Gasteiger partial charge in [0.1, 0.15) is 5.69 Å². The molecule has 6 heteroatoms. The standard InChI is InChI=1S/C9H7BrN2O2S/c10-7-2-1-6(15-7)9-5(3-8(13)14)11-4-12-9/h1-2,4H,3H2,(H,11,12)(H,13,14). The van der Waals surface area contributed by atoms with E-state index in [9.17, 15) is 4.79 Å². The second-order valence-electron chi connectivity index (χ2n) is 2.90. The van der Waals surface area contributed by atoms with Gasteiger partial charge in [-0.15, -0.1) is 11.3 Å². The molecule has 2 N–H and O–H groups in total. The van der Waals surface area contributed by atoms with Crippen LogP contribution in [0.1, 0.15) is 5.69 Å². The molecule has 0 aliphatic rings. The lowest BCUT2D eigenvalue weighted by Crippen LogP contribution is -2.01. The average molecular weight is 287 g/mol. The van der Waals surface area contributed by atoms with Gasteiger partial charge < -0.3 is 10.1 Å². The van der Waals surface area contributed by atoms with Crippen molar-refractivity contribution in [2.45, 2.75) is 6.42 Å². The topological polar surface area (TPSA) is 66.0 Å². The van der Waals surface area contributed by atoms with E-state index in [0.29, 0.717) is 11.4 Å². The molecule has 0 spiro atoms. The molecule has 0 atom stereocenters. The Morgan fingerprint density at radius 2 is 2.40 bits per heavy atom. The summed E-state index contributed by atoms with van der Waals surface area (Å²) < 4.78 is 1.00. The third kappa shape index (κ3) is 2.27. The SMILES string of the molecule is O=C(O)Cc1[nH]cnc1-c1ccc(Br)s1. The summed E-state index contributed by atoms with van der Waals surface area (Å²) in [5.74, 6) is -0.865.